The Labute approximate surface area is 158 Å². The molecule has 0 radical (unpaired) electrons. The van der Waals surface area contributed by atoms with Gasteiger partial charge >= 0.3 is 6.03 Å². The molecule has 0 atom stereocenters. The number of carbonyl (C=O) groups excluding carboxylic acids is 1. The molecule has 3 rings (SSSR count). The highest BCUT2D eigenvalue weighted by atomic mass is 19.1. The van der Waals surface area contributed by atoms with Gasteiger partial charge in [0.2, 0.25) is 5.95 Å². The average molecular weight is 372 g/mol. The van der Waals surface area contributed by atoms with Crippen molar-refractivity contribution in [2.75, 3.05) is 23.3 Å². The van der Waals surface area contributed by atoms with E-state index >= 15 is 0 Å². The fourth-order valence-electron chi connectivity index (χ4n) is 3.17. The van der Waals surface area contributed by atoms with E-state index in [2.05, 4.69) is 44.6 Å². The van der Waals surface area contributed by atoms with Gasteiger partial charge in [0.05, 0.1) is 11.4 Å². The van der Waals surface area contributed by atoms with Gasteiger partial charge in [-0.25, -0.2) is 14.2 Å². The summed E-state index contributed by atoms with van der Waals surface area (Å²) in [6.07, 6.45) is 3.28. The van der Waals surface area contributed by atoms with Gasteiger partial charge in [-0.2, -0.15) is 5.10 Å². The Balaban J connectivity index is 1.51. The van der Waals surface area contributed by atoms with Crippen LogP contribution < -0.4 is 15.5 Å². The second kappa shape index (κ2) is 8.75. The summed E-state index contributed by atoms with van der Waals surface area (Å²) in [6, 6.07) is 5.50. The molecule has 2 N–H and O–H groups in total. The molecule has 7 nitrogen and oxygen atoms in total. The monoisotopic (exact) mass is 372 g/mol. The maximum Gasteiger partial charge on any atom is 0.319 e. The topological polar surface area (TPSA) is 83.0 Å². The van der Waals surface area contributed by atoms with Crippen LogP contribution in [0, 0.1) is 5.82 Å². The van der Waals surface area contributed by atoms with Crippen LogP contribution in [0.1, 0.15) is 38.1 Å². The minimum Gasteiger partial charge on any atom is -0.339 e. The highest BCUT2D eigenvalue weighted by Crippen LogP contribution is 2.17. The van der Waals surface area contributed by atoms with Gasteiger partial charge in [0.15, 0.2) is 0 Å². The van der Waals surface area contributed by atoms with Crippen LogP contribution in [-0.4, -0.2) is 40.3 Å². The number of aryl methyl sites for hydroxylation is 2. The molecular weight excluding hydrogens is 347 g/mol. The van der Waals surface area contributed by atoms with E-state index in [0.717, 1.165) is 50.2 Å². The summed E-state index contributed by atoms with van der Waals surface area (Å²) in [5.41, 5.74) is 2.52. The fourth-order valence-corrected chi connectivity index (χ4v) is 3.17. The van der Waals surface area contributed by atoms with Gasteiger partial charge in [0.1, 0.15) is 5.82 Å². The Bertz CT molecular complexity index is 774. The minimum absolute atomic E-state index is 0.0789. The van der Waals surface area contributed by atoms with Crippen LogP contribution in [0.3, 0.4) is 0 Å². The smallest absolute Gasteiger partial charge is 0.319 e. The van der Waals surface area contributed by atoms with Crippen molar-refractivity contribution in [2.45, 2.75) is 45.6 Å². The van der Waals surface area contributed by atoms with Crippen molar-refractivity contribution >= 4 is 17.7 Å². The zero-order chi connectivity index (χ0) is 19.2. The number of hydrogen-bond donors (Lipinski definition) is 2. The summed E-state index contributed by atoms with van der Waals surface area (Å²) >= 11 is 0. The van der Waals surface area contributed by atoms with Crippen molar-refractivity contribution in [3.8, 4) is 0 Å². The Morgan fingerprint density at radius 1 is 1.11 bits per heavy atom. The number of piperidine rings is 1. The number of urea groups is 1. The molecule has 1 aliphatic heterocycles. The van der Waals surface area contributed by atoms with E-state index in [1.165, 1.54) is 24.3 Å². The van der Waals surface area contributed by atoms with Crippen molar-refractivity contribution in [3.63, 3.8) is 0 Å². The molecule has 0 unspecified atom stereocenters. The van der Waals surface area contributed by atoms with Gasteiger partial charge in [-0.3, -0.25) is 0 Å². The van der Waals surface area contributed by atoms with Crippen molar-refractivity contribution in [3.05, 3.63) is 41.5 Å². The molecule has 144 valence electrons. The molecule has 1 aliphatic rings. The molecule has 8 heteroatoms. The number of benzene rings is 1. The average Bonchev–Trinajstić information content (AvgIpc) is 2.69. The number of halogens is 1. The number of amides is 2. The minimum atomic E-state index is -0.330. The quantitative estimate of drug-likeness (QED) is 0.843. The normalized spacial score (nSPS) is 14.9. The summed E-state index contributed by atoms with van der Waals surface area (Å²) in [5.74, 6) is 0.335. The van der Waals surface area contributed by atoms with Crippen LogP contribution in [0.5, 0.6) is 0 Å². The summed E-state index contributed by atoms with van der Waals surface area (Å²) in [7, 11) is 0. The Morgan fingerprint density at radius 2 is 1.78 bits per heavy atom. The predicted octanol–water partition coefficient (Wildman–Crippen LogP) is 2.93. The maximum absolute atomic E-state index is 12.9. The molecule has 2 heterocycles. The zero-order valence-electron chi connectivity index (χ0n) is 15.7. The number of nitrogens with one attached hydrogen (secondary N) is 2. The van der Waals surface area contributed by atoms with Gasteiger partial charge in [0, 0.05) is 24.8 Å². The van der Waals surface area contributed by atoms with Crippen molar-refractivity contribution in [2.24, 2.45) is 0 Å². The fraction of sp³-hybridized carbons (Fsp3) is 0.474. The van der Waals surface area contributed by atoms with E-state index in [0.29, 0.717) is 11.6 Å². The largest absolute Gasteiger partial charge is 0.339 e. The highest BCUT2D eigenvalue weighted by molar-refractivity contribution is 5.89. The number of aromatic nitrogens is 3. The third kappa shape index (κ3) is 4.90. The van der Waals surface area contributed by atoms with E-state index in [1.807, 2.05) is 0 Å². The molecular formula is C19H25FN6O. The van der Waals surface area contributed by atoms with Crippen molar-refractivity contribution in [1.29, 1.82) is 0 Å². The lowest BCUT2D eigenvalue weighted by atomic mass is 10.1. The molecule has 1 saturated heterocycles. The lowest BCUT2D eigenvalue weighted by molar-refractivity contribution is 0.246. The molecule has 27 heavy (non-hydrogen) atoms. The van der Waals surface area contributed by atoms with Crippen LogP contribution in [-0.2, 0) is 12.8 Å². The lowest BCUT2D eigenvalue weighted by Crippen LogP contribution is -2.46. The van der Waals surface area contributed by atoms with E-state index in [9.17, 15) is 9.18 Å². The molecule has 1 aromatic carbocycles. The molecule has 1 fully saturated rings. The number of rotatable bonds is 5. The summed E-state index contributed by atoms with van der Waals surface area (Å²) in [4.78, 5) is 18.9. The van der Waals surface area contributed by atoms with Crippen LogP contribution in [0.2, 0.25) is 0 Å². The summed E-state index contributed by atoms with van der Waals surface area (Å²) in [5, 5.41) is 14.3. The van der Waals surface area contributed by atoms with Crippen molar-refractivity contribution in [1.82, 2.24) is 20.5 Å². The van der Waals surface area contributed by atoms with Gasteiger partial charge in [0.25, 0.3) is 0 Å². The van der Waals surface area contributed by atoms with Crippen LogP contribution in [0.25, 0.3) is 0 Å². The standard InChI is InChI=1S/C19H25FN6O/c1-3-16-17(4-2)24-25-18(23-16)26-11-9-15(10-12-26)22-19(27)21-14-7-5-13(20)6-8-14/h5-8,15H,3-4,9-12H2,1-2H3,(H2,21,22,27). The van der Waals surface area contributed by atoms with Gasteiger partial charge in [-0.05, 0) is 49.9 Å². The SMILES string of the molecule is CCc1nnc(N2CCC(NC(=O)Nc3ccc(F)cc3)CC2)nc1CC. The summed E-state index contributed by atoms with van der Waals surface area (Å²) in [6.45, 7) is 5.65. The van der Waals surface area contributed by atoms with Crippen LogP contribution >= 0.6 is 0 Å². The Hall–Kier alpha value is -2.77. The second-order valence-corrected chi connectivity index (χ2v) is 6.58. The van der Waals surface area contributed by atoms with E-state index in [-0.39, 0.29) is 17.9 Å². The lowest BCUT2D eigenvalue weighted by Gasteiger charge is -2.32. The molecule has 1 aromatic heterocycles. The molecule has 0 spiro atoms. The molecule has 0 bridgehead atoms. The first-order valence-corrected chi connectivity index (χ1v) is 9.39. The van der Waals surface area contributed by atoms with E-state index < -0.39 is 0 Å². The van der Waals surface area contributed by atoms with Crippen LogP contribution in [0.15, 0.2) is 24.3 Å². The van der Waals surface area contributed by atoms with E-state index in [4.69, 9.17) is 0 Å². The van der Waals surface area contributed by atoms with Crippen LogP contribution in [0.4, 0.5) is 20.8 Å². The first kappa shape index (κ1) is 19.0. The van der Waals surface area contributed by atoms with Gasteiger partial charge in [-0.1, -0.05) is 13.8 Å². The Morgan fingerprint density at radius 3 is 2.41 bits per heavy atom. The summed E-state index contributed by atoms with van der Waals surface area (Å²) < 4.78 is 12.9. The first-order valence-electron chi connectivity index (χ1n) is 9.39. The van der Waals surface area contributed by atoms with Gasteiger partial charge < -0.3 is 15.5 Å². The molecule has 2 amide bonds. The first-order chi connectivity index (χ1) is 13.1. The van der Waals surface area contributed by atoms with Gasteiger partial charge in [-0.15, -0.1) is 5.10 Å². The number of hydrogen-bond acceptors (Lipinski definition) is 5. The zero-order valence-corrected chi connectivity index (χ0v) is 15.7. The molecule has 0 aliphatic carbocycles. The molecule has 0 saturated carbocycles. The van der Waals surface area contributed by atoms with E-state index in [1.54, 1.807) is 0 Å². The number of anilines is 2. The second-order valence-electron chi connectivity index (χ2n) is 6.58. The maximum atomic E-state index is 12.9. The van der Waals surface area contributed by atoms with Crippen molar-refractivity contribution < 1.29 is 9.18 Å². The number of carbonyl (C=O) groups is 1. The third-order valence-corrected chi connectivity index (χ3v) is 4.71. The molecule has 2 aromatic rings. The number of nitrogens with zero attached hydrogens (tertiary/aromatic N) is 4. The third-order valence-electron chi connectivity index (χ3n) is 4.71. The Kier molecular flexibility index (Phi) is 6.16. The predicted molar refractivity (Wildman–Crippen MR) is 102 cm³/mol. The highest BCUT2D eigenvalue weighted by Gasteiger charge is 2.23.